The molecule has 1 aliphatic heterocycles. The second-order valence-electron chi connectivity index (χ2n) is 5.04. The Hall–Kier alpha value is -1.85. The minimum Gasteiger partial charge on any atom is -0.497 e. The number of fused-ring (bicyclic) bond motifs is 1. The van der Waals surface area contributed by atoms with Crippen molar-refractivity contribution >= 4 is 10.0 Å². The van der Waals surface area contributed by atoms with Crippen molar-refractivity contribution < 1.29 is 13.2 Å². The first-order chi connectivity index (χ1) is 10.1. The van der Waals surface area contributed by atoms with E-state index in [9.17, 15) is 8.42 Å². The van der Waals surface area contributed by atoms with Crippen LogP contribution in [0.3, 0.4) is 0 Å². The molecule has 2 aromatic rings. The standard InChI is InChI=1S/C16H17NO3S/c1-20-15-7-4-8-16(11-15)21(18,19)17-10-9-13-5-2-3-6-14(13)12-17/h2-8,11H,9-10,12H2,1H3. The van der Waals surface area contributed by atoms with Gasteiger partial charge in [0.1, 0.15) is 5.75 Å². The molecule has 0 aliphatic carbocycles. The first-order valence-corrected chi connectivity index (χ1v) is 8.26. The van der Waals surface area contributed by atoms with Crippen molar-refractivity contribution in [3.63, 3.8) is 0 Å². The molecule has 2 aromatic carbocycles. The predicted octanol–water partition coefficient (Wildman–Crippen LogP) is 2.44. The molecular formula is C16H17NO3S. The lowest BCUT2D eigenvalue weighted by Crippen LogP contribution is -2.35. The second-order valence-corrected chi connectivity index (χ2v) is 6.97. The van der Waals surface area contributed by atoms with Gasteiger partial charge in [-0.25, -0.2) is 8.42 Å². The van der Waals surface area contributed by atoms with Gasteiger partial charge in [-0.3, -0.25) is 0 Å². The molecule has 0 N–H and O–H groups in total. The van der Waals surface area contributed by atoms with Crippen molar-refractivity contribution in [2.24, 2.45) is 0 Å². The highest BCUT2D eigenvalue weighted by molar-refractivity contribution is 7.89. The van der Waals surface area contributed by atoms with Crippen LogP contribution in [0.25, 0.3) is 0 Å². The molecular weight excluding hydrogens is 286 g/mol. The summed E-state index contributed by atoms with van der Waals surface area (Å²) in [6, 6.07) is 14.6. The van der Waals surface area contributed by atoms with E-state index < -0.39 is 10.0 Å². The number of rotatable bonds is 3. The zero-order valence-electron chi connectivity index (χ0n) is 11.8. The molecule has 5 heteroatoms. The third kappa shape index (κ3) is 2.66. The first-order valence-electron chi connectivity index (χ1n) is 6.82. The summed E-state index contributed by atoms with van der Waals surface area (Å²) in [6.45, 7) is 0.937. The first kappa shape index (κ1) is 14.1. The molecule has 0 aromatic heterocycles. The zero-order valence-corrected chi connectivity index (χ0v) is 12.6. The zero-order chi connectivity index (χ0) is 14.9. The molecule has 0 saturated heterocycles. The lowest BCUT2D eigenvalue weighted by Gasteiger charge is -2.28. The molecule has 0 fully saturated rings. The number of hydrogen-bond donors (Lipinski definition) is 0. The molecule has 1 aliphatic rings. The highest BCUT2D eigenvalue weighted by Crippen LogP contribution is 2.26. The quantitative estimate of drug-likeness (QED) is 0.875. The van der Waals surface area contributed by atoms with Gasteiger partial charge in [-0.2, -0.15) is 4.31 Å². The number of nitrogens with zero attached hydrogens (tertiary/aromatic N) is 1. The Morgan fingerprint density at radius 1 is 1.05 bits per heavy atom. The van der Waals surface area contributed by atoms with E-state index in [4.69, 9.17) is 4.74 Å². The third-order valence-electron chi connectivity index (χ3n) is 3.77. The van der Waals surface area contributed by atoms with Gasteiger partial charge in [0, 0.05) is 19.2 Å². The Labute approximate surface area is 125 Å². The molecule has 0 amide bonds. The Morgan fingerprint density at radius 2 is 1.81 bits per heavy atom. The highest BCUT2D eigenvalue weighted by Gasteiger charge is 2.28. The van der Waals surface area contributed by atoms with Crippen molar-refractivity contribution in [2.75, 3.05) is 13.7 Å². The molecule has 0 radical (unpaired) electrons. The Balaban J connectivity index is 1.93. The monoisotopic (exact) mass is 303 g/mol. The molecule has 4 nitrogen and oxygen atoms in total. The largest absolute Gasteiger partial charge is 0.497 e. The average molecular weight is 303 g/mol. The number of methoxy groups -OCH3 is 1. The number of sulfonamides is 1. The molecule has 0 unspecified atom stereocenters. The van der Waals surface area contributed by atoms with Crippen LogP contribution in [0.4, 0.5) is 0 Å². The van der Waals surface area contributed by atoms with E-state index in [0.717, 1.165) is 12.0 Å². The van der Waals surface area contributed by atoms with Crippen molar-refractivity contribution in [3.05, 3.63) is 59.7 Å². The van der Waals surface area contributed by atoms with Gasteiger partial charge < -0.3 is 4.74 Å². The van der Waals surface area contributed by atoms with E-state index in [2.05, 4.69) is 6.07 Å². The van der Waals surface area contributed by atoms with E-state index in [0.29, 0.717) is 18.8 Å². The molecule has 21 heavy (non-hydrogen) atoms. The van der Waals surface area contributed by atoms with Gasteiger partial charge in [0.25, 0.3) is 0 Å². The van der Waals surface area contributed by atoms with Crippen molar-refractivity contribution in [1.29, 1.82) is 0 Å². The van der Waals surface area contributed by atoms with Gasteiger partial charge in [-0.15, -0.1) is 0 Å². The summed E-state index contributed by atoms with van der Waals surface area (Å²) in [6.07, 6.45) is 0.749. The lowest BCUT2D eigenvalue weighted by atomic mass is 10.0. The van der Waals surface area contributed by atoms with Gasteiger partial charge in [0.05, 0.1) is 12.0 Å². The Morgan fingerprint density at radius 3 is 2.57 bits per heavy atom. The molecule has 0 saturated carbocycles. The van der Waals surface area contributed by atoms with Gasteiger partial charge in [-0.05, 0) is 29.7 Å². The van der Waals surface area contributed by atoms with Crippen molar-refractivity contribution in [1.82, 2.24) is 4.31 Å². The van der Waals surface area contributed by atoms with Crippen LogP contribution in [0.5, 0.6) is 5.75 Å². The van der Waals surface area contributed by atoms with E-state index in [1.807, 2.05) is 18.2 Å². The molecule has 1 heterocycles. The van der Waals surface area contributed by atoms with Crippen LogP contribution in [0.15, 0.2) is 53.4 Å². The molecule has 3 rings (SSSR count). The molecule has 0 spiro atoms. The summed E-state index contributed by atoms with van der Waals surface area (Å²) >= 11 is 0. The van der Waals surface area contributed by atoms with Crippen LogP contribution in [-0.2, 0) is 23.0 Å². The molecule has 0 atom stereocenters. The smallest absolute Gasteiger partial charge is 0.243 e. The highest BCUT2D eigenvalue weighted by atomic mass is 32.2. The average Bonchev–Trinajstić information content (AvgIpc) is 2.54. The van der Waals surface area contributed by atoms with Crippen LogP contribution in [0, 0.1) is 0 Å². The van der Waals surface area contributed by atoms with Crippen LogP contribution in [-0.4, -0.2) is 26.4 Å². The molecule has 0 bridgehead atoms. The fraction of sp³-hybridized carbons (Fsp3) is 0.250. The van der Waals surface area contributed by atoms with Crippen molar-refractivity contribution in [2.45, 2.75) is 17.9 Å². The second kappa shape index (κ2) is 5.50. The summed E-state index contributed by atoms with van der Waals surface area (Å²) in [5.74, 6) is 0.550. The van der Waals surface area contributed by atoms with E-state index >= 15 is 0 Å². The SMILES string of the molecule is COc1cccc(S(=O)(=O)N2CCc3ccccc3C2)c1. The molecule has 110 valence electrons. The third-order valence-corrected chi connectivity index (χ3v) is 5.62. The van der Waals surface area contributed by atoms with Crippen molar-refractivity contribution in [3.8, 4) is 5.75 Å². The summed E-state index contributed by atoms with van der Waals surface area (Å²) in [7, 11) is -1.95. The normalized spacial score (nSPS) is 15.5. The Kier molecular flexibility index (Phi) is 3.69. The summed E-state index contributed by atoms with van der Waals surface area (Å²) in [4.78, 5) is 0.279. The van der Waals surface area contributed by atoms with Gasteiger partial charge in [0.15, 0.2) is 0 Å². The minimum absolute atomic E-state index is 0.279. The fourth-order valence-corrected chi connectivity index (χ4v) is 4.04. The van der Waals surface area contributed by atoms with Gasteiger partial charge in [0.2, 0.25) is 10.0 Å². The van der Waals surface area contributed by atoms with E-state index in [-0.39, 0.29) is 4.90 Å². The maximum Gasteiger partial charge on any atom is 0.243 e. The predicted molar refractivity (Wildman–Crippen MR) is 80.7 cm³/mol. The number of benzene rings is 2. The number of ether oxygens (including phenoxy) is 1. The van der Waals surface area contributed by atoms with Gasteiger partial charge in [-0.1, -0.05) is 30.3 Å². The lowest BCUT2D eigenvalue weighted by molar-refractivity contribution is 0.389. The topological polar surface area (TPSA) is 46.6 Å². The van der Waals surface area contributed by atoms with Crippen LogP contribution >= 0.6 is 0 Å². The van der Waals surface area contributed by atoms with Gasteiger partial charge >= 0.3 is 0 Å². The van der Waals surface area contributed by atoms with E-state index in [1.54, 1.807) is 24.3 Å². The maximum atomic E-state index is 12.7. The summed E-state index contributed by atoms with van der Waals surface area (Å²) in [5.41, 5.74) is 2.31. The van der Waals surface area contributed by atoms with E-state index in [1.165, 1.54) is 17.0 Å². The summed E-state index contributed by atoms with van der Waals surface area (Å²) in [5, 5.41) is 0. The number of hydrogen-bond acceptors (Lipinski definition) is 3. The Bertz CT molecular complexity index is 756. The summed E-state index contributed by atoms with van der Waals surface area (Å²) < 4.78 is 32.1. The van der Waals surface area contributed by atoms with Crippen LogP contribution in [0.1, 0.15) is 11.1 Å². The fourth-order valence-electron chi connectivity index (χ4n) is 2.59. The maximum absolute atomic E-state index is 12.7. The minimum atomic E-state index is -3.48. The van der Waals surface area contributed by atoms with Crippen LogP contribution < -0.4 is 4.74 Å². The van der Waals surface area contributed by atoms with Crippen LogP contribution in [0.2, 0.25) is 0 Å².